The zero-order chi connectivity index (χ0) is 12.4. The predicted octanol–water partition coefficient (Wildman–Crippen LogP) is 1.02. The molecule has 5 nitrogen and oxygen atoms in total. The maximum Gasteiger partial charge on any atom is 0.145 e. The highest BCUT2D eigenvalue weighted by atomic mass is 16.3. The van der Waals surface area contributed by atoms with E-state index in [9.17, 15) is 0 Å². The second-order valence-corrected chi connectivity index (χ2v) is 3.96. The molecule has 5 N–H and O–H groups in total. The van der Waals surface area contributed by atoms with Gasteiger partial charge in [0.2, 0.25) is 0 Å². The van der Waals surface area contributed by atoms with Crippen molar-refractivity contribution < 1.29 is 5.11 Å². The molecule has 0 fully saturated rings. The Labute approximate surface area is 99.7 Å². The van der Waals surface area contributed by atoms with Crippen LogP contribution in [0.3, 0.4) is 0 Å². The zero-order valence-corrected chi connectivity index (χ0v) is 9.72. The number of anilines is 2. The number of aliphatic hydroxyl groups excluding tert-OH is 1. The summed E-state index contributed by atoms with van der Waals surface area (Å²) in [5, 5.41) is 13.2. The normalized spacial score (nSPS) is 10.7. The summed E-state index contributed by atoms with van der Waals surface area (Å²) >= 11 is 0. The maximum atomic E-state index is 8.90. The first kappa shape index (κ1) is 11.5. The Kier molecular flexibility index (Phi) is 3.01. The topological polar surface area (TPSA) is 90.1 Å². The average molecular weight is 232 g/mol. The number of benzene rings is 1. The van der Waals surface area contributed by atoms with Gasteiger partial charge in [0.15, 0.2) is 0 Å². The van der Waals surface area contributed by atoms with E-state index in [-0.39, 0.29) is 6.61 Å². The minimum atomic E-state index is -0.0153. The third-order valence-corrected chi connectivity index (χ3v) is 2.63. The molecule has 0 saturated carbocycles. The van der Waals surface area contributed by atoms with Crippen LogP contribution >= 0.6 is 0 Å². The number of aryl methyl sites for hydroxylation is 1. The van der Waals surface area contributed by atoms with Crippen molar-refractivity contribution in [1.82, 2.24) is 9.78 Å². The van der Waals surface area contributed by atoms with Gasteiger partial charge in [-0.2, -0.15) is 5.10 Å². The molecule has 0 radical (unpaired) electrons. The van der Waals surface area contributed by atoms with Gasteiger partial charge in [-0.15, -0.1) is 0 Å². The summed E-state index contributed by atoms with van der Waals surface area (Å²) in [6, 6.07) is 7.90. The minimum absolute atomic E-state index is 0.0153. The molecule has 1 aromatic carbocycles. The van der Waals surface area contributed by atoms with E-state index < -0.39 is 0 Å². The van der Waals surface area contributed by atoms with Crippen molar-refractivity contribution in [3.8, 4) is 11.3 Å². The van der Waals surface area contributed by atoms with E-state index in [1.165, 1.54) is 4.68 Å². The molecule has 0 aliphatic rings. The van der Waals surface area contributed by atoms with Crippen LogP contribution in [0.25, 0.3) is 11.3 Å². The number of nitrogen functional groups attached to an aromatic ring is 2. The monoisotopic (exact) mass is 232 g/mol. The van der Waals surface area contributed by atoms with Crippen molar-refractivity contribution in [3.05, 3.63) is 29.8 Å². The molecule has 0 saturated heterocycles. The number of nitrogens with two attached hydrogens (primary N) is 2. The van der Waals surface area contributed by atoms with Crippen molar-refractivity contribution in [3.63, 3.8) is 0 Å². The third-order valence-electron chi connectivity index (χ3n) is 2.63. The van der Waals surface area contributed by atoms with E-state index in [1.807, 2.05) is 31.2 Å². The number of rotatable bonds is 3. The maximum absolute atomic E-state index is 8.90. The molecular weight excluding hydrogens is 216 g/mol. The lowest BCUT2D eigenvalue weighted by Gasteiger charge is -1.99. The second-order valence-electron chi connectivity index (χ2n) is 3.96. The van der Waals surface area contributed by atoms with Gasteiger partial charge in [-0.25, -0.2) is 4.68 Å². The highest BCUT2D eigenvalue weighted by Gasteiger charge is 2.13. The Morgan fingerprint density at radius 2 is 2.12 bits per heavy atom. The van der Waals surface area contributed by atoms with Crippen LogP contribution in [-0.4, -0.2) is 21.5 Å². The van der Waals surface area contributed by atoms with Gasteiger partial charge in [-0.3, -0.25) is 0 Å². The molecule has 2 rings (SSSR count). The molecule has 0 unspecified atom stereocenters. The number of hydrogen-bond donors (Lipinski definition) is 3. The van der Waals surface area contributed by atoms with Crippen LogP contribution in [0.15, 0.2) is 24.3 Å². The summed E-state index contributed by atoms with van der Waals surface area (Å²) in [6.07, 6.45) is 0. The SMILES string of the molecule is Cc1cccc(-c2nn(CCO)c(N)c2N)c1. The smallest absolute Gasteiger partial charge is 0.145 e. The van der Waals surface area contributed by atoms with Crippen molar-refractivity contribution in [2.45, 2.75) is 13.5 Å². The number of nitrogens with zero attached hydrogens (tertiary/aromatic N) is 2. The van der Waals surface area contributed by atoms with Crippen molar-refractivity contribution in [2.75, 3.05) is 18.1 Å². The molecule has 0 aliphatic carbocycles. The molecule has 90 valence electrons. The fourth-order valence-electron chi connectivity index (χ4n) is 1.76. The van der Waals surface area contributed by atoms with E-state index in [1.54, 1.807) is 0 Å². The van der Waals surface area contributed by atoms with Gasteiger partial charge >= 0.3 is 0 Å². The summed E-state index contributed by atoms with van der Waals surface area (Å²) in [7, 11) is 0. The quantitative estimate of drug-likeness (QED) is 0.736. The molecule has 0 amide bonds. The number of hydrogen-bond acceptors (Lipinski definition) is 4. The first-order valence-electron chi connectivity index (χ1n) is 5.43. The van der Waals surface area contributed by atoms with Crippen LogP contribution in [0.5, 0.6) is 0 Å². The van der Waals surface area contributed by atoms with Crippen LogP contribution < -0.4 is 11.5 Å². The Bertz CT molecular complexity index is 533. The van der Waals surface area contributed by atoms with Gasteiger partial charge in [-0.05, 0) is 13.0 Å². The first-order valence-corrected chi connectivity index (χ1v) is 5.43. The summed E-state index contributed by atoms with van der Waals surface area (Å²) in [5.74, 6) is 0.399. The zero-order valence-electron chi connectivity index (χ0n) is 9.72. The minimum Gasteiger partial charge on any atom is -0.394 e. The molecule has 5 heteroatoms. The number of aliphatic hydroxyl groups is 1. The predicted molar refractivity (Wildman–Crippen MR) is 68.3 cm³/mol. The lowest BCUT2D eigenvalue weighted by Crippen LogP contribution is -2.08. The van der Waals surface area contributed by atoms with Gasteiger partial charge in [0.1, 0.15) is 17.2 Å². The third kappa shape index (κ3) is 2.09. The summed E-state index contributed by atoms with van der Waals surface area (Å²) < 4.78 is 1.52. The lowest BCUT2D eigenvalue weighted by atomic mass is 10.1. The van der Waals surface area contributed by atoms with Crippen molar-refractivity contribution >= 4 is 11.5 Å². The lowest BCUT2D eigenvalue weighted by molar-refractivity contribution is 0.270. The highest BCUT2D eigenvalue weighted by molar-refractivity contribution is 5.80. The molecule has 1 heterocycles. The Hall–Kier alpha value is -2.01. The number of aromatic nitrogens is 2. The fourth-order valence-corrected chi connectivity index (χ4v) is 1.76. The molecule has 0 aliphatic heterocycles. The summed E-state index contributed by atoms with van der Waals surface area (Å²) in [4.78, 5) is 0. The molecule has 1 aromatic heterocycles. The van der Waals surface area contributed by atoms with Crippen LogP contribution in [0, 0.1) is 6.92 Å². The molecular formula is C12H16N4O. The first-order chi connectivity index (χ1) is 8.13. The van der Waals surface area contributed by atoms with Crippen LogP contribution in [0.1, 0.15) is 5.56 Å². The molecule has 17 heavy (non-hydrogen) atoms. The largest absolute Gasteiger partial charge is 0.394 e. The molecule has 0 spiro atoms. The fraction of sp³-hybridized carbons (Fsp3) is 0.250. The van der Waals surface area contributed by atoms with Gasteiger partial charge in [-0.1, -0.05) is 23.8 Å². The van der Waals surface area contributed by atoms with Gasteiger partial charge in [0, 0.05) is 5.56 Å². The van der Waals surface area contributed by atoms with Gasteiger partial charge in [0.25, 0.3) is 0 Å². The van der Waals surface area contributed by atoms with E-state index in [4.69, 9.17) is 16.6 Å². The van der Waals surface area contributed by atoms with Crippen LogP contribution in [0.2, 0.25) is 0 Å². The van der Waals surface area contributed by atoms with E-state index in [0.29, 0.717) is 23.7 Å². The van der Waals surface area contributed by atoms with Gasteiger partial charge in [0.05, 0.1) is 13.2 Å². The van der Waals surface area contributed by atoms with Gasteiger partial charge < -0.3 is 16.6 Å². The molecule has 0 bridgehead atoms. The van der Waals surface area contributed by atoms with E-state index in [0.717, 1.165) is 11.1 Å². The highest BCUT2D eigenvalue weighted by Crippen LogP contribution is 2.29. The van der Waals surface area contributed by atoms with E-state index >= 15 is 0 Å². The Morgan fingerprint density at radius 1 is 1.35 bits per heavy atom. The van der Waals surface area contributed by atoms with Crippen molar-refractivity contribution in [2.24, 2.45) is 0 Å². The standard InChI is InChI=1S/C12H16N4O/c1-8-3-2-4-9(7-8)11-10(13)12(14)16(15-11)5-6-17/h2-4,7,17H,5-6,13-14H2,1H3. The second kappa shape index (κ2) is 4.47. The molecule has 2 aromatic rings. The van der Waals surface area contributed by atoms with Crippen LogP contribution in [0.4, 0.5) is 11.5 Å². The van der Waals surface area contributed by atoms with Crippen molar-refractivity contribution in [1.29, 1.82) is 0 Å². The average Bonchev–Trinajstić information content (AvgIpc) is 2.58. The summed E-state index contributed by atoms with van der Waals surface area (Å²) in [6.45, 7) is 2.34. The Morgan fingerprint density at radius 3 is 2.76 bits per heavy atom. The van der Waals surface area contributed by atoms with Crippen LogP contribution in [-0.2, 0) is 6.54 Å². The summed E-state index contributed by atoms with van der Waals surface area (Å²) in [5.41, 5.74) is 15.0. The van der Waals surface area contributed by atoms with E-state index in [2.05, 4.69) is 5.10 Å². The Balaban J connectivity index is 2.49. The molecule has 0 atom stereocenters.